The van der Waals surface area contributed by atoms with E-state index in [1.165, 1.54) is 5.56 Å². The van der Waals surface area contributed by atoms with Crippen LogP contribution in [0.25, 0.3) is 22.4 Å². The molecule has 0 radical (unpaired) electrons. The smallest absolute Gasteiger partial charge is 0.165 e. The fraction of sp³-hybridized carbons (Fsp3) is 0.280. The Bertz CT molecular complexity index is 1210. The number of halogens is 1. The number of pyridine rings is 2. The fourth-order valence-corrected chi connectivity index (χ4v) is 3.49. The number of hydrogen-bond acceptors (Lipinski definition) is 6. The summed E-state index contributed by atoms with van der Waals surface area (Å²) in [6.07, 6.45) is 2.70. The second-order valence-electron chi connectivity index (χ2n) is 7.97. The summed E-state index contributed by atoms with van der Waals surface area (Å²) in [5.74, 6) is 1.69. The van der Waals surface area contributed by atoms with Crippen molar-refractivity contribution in [3.05, 3.63) is 71.1 Å². The van der Waals surface area contributed by atoms with Crippen LogP contribution in [-0.4, -0.2) is 26.5 Å². The number of fused-ring (bicyclic) bond motifs is 1. The van der Waals surface area contributed by atoms with Crippen molar-refractivity contribution in [1.82, 2.24) is 19.9 Å². The van der Waals surface area contributed by atoms with Gasteiger partial charge in [0.25, 0.3) is 0 Å². The third-order valence-corrected chi connectivity index (χ3v) is 5.22. The summed E-state index contributed by atoms with van der Waals surface area (Å²) in [5, 5.41) is 4.78. The predicted molar refractivity (Wildman–Crippen MR) is 129 cm³/mol. The van der Waals surface area contributed by atoms with Gasteiger partial charge >= 0.3 is 0 Å². The SMILES string of the molecule is CCc1ccc(Nc2nc(COCC(C)C)nc3nc(-c4ncccc4Cl)ccc23)cc1. The lowest BCUT2D eigenvalue weighted by Crippen LogP contribution is -2.07. The number of nitrogens with zero attached hydrogens (tertiary/aromatic N) is 4. The summed E-state index contributed by atoms with van der Waals surface area (Å²) >= 11 is 6.34. The Kier molecular flexibility index (Phi) is 6.93. The zero-order valence-electron chi connectivity index (χ0n) is 18.5. The quantitative estimate of drug-likeness (QED) is 0.345. The molecule has 32 heavy (non-hydrogen) atoms. The third kappa shape index (κ3) is 5.21. The Balaban J connectivity index is 1.74. The molecule has 7 heteroatoms. The van der Waals surface area contributed by atoms with Crippen LogP contribution < -0.4 is 5.32 Å². The van der Waals surface area contributed by atoms with E-state index in [0.717, 1.165) is 17.5 Å². The first-order chi connectivity index (χ1) is 15.5. The molecule has 0 saturated carbocycles. The molecule has 0 fully saturated rings. The maximum absolute atomic E-state index is 6.34. The summed E-state index contributed by atoms with van der Waals surface area (Å²) in [7, 11) is 0. The van der Waals surface area contributed by atoms with E-state index in [1.807, 2.05) is 12.1 Å². The average Bonchev–Trinajstić information content (AvgIpc) is 2.79. The fourth-order valence-electron chi connectivity index (χ4n) is 3.27. The van der Waals surface area contributed by atoms with Gasteiger partial charge in [0.2, 0.25) is 0 Å². The van der Waals surface area contributed by atoms with E-state index >= 15 is 0 Å². The molecule has 4 aromatic rings. The highest BCUT2D eigenvalue weighted by Gasteiger charge is 2.13. The van der Waals surface area contributed by atoms with Crippen molar-refractivity contribution < 1.29 is 4.74 Å². The lowest BCUT2D eigenvalue weighted by atomic mass is 10.1. The van der Waals surface area contributed by atoms with Crippen molar-refractivity contribution in [3.8, 4) is 11.4 Å². The van der Waals surface area contributed by atoms with Crippen LogP contribution in [-0.2, 0) is 17.8 Å². The molecule has 0 amide bonds. The van der Waals surface area contributed by atoms with Gasteiger partial charge in [0.05, 0.1) is 16.1 Å². The summed E-state index contributed by atoms with van der Waals surface area (Å²) < 4.78 is 5.79. The van der Waals surface area contributed by atoms with Gasteiger partial charge in [0.15, 0.2) is 11.5 Å². The molecule has 0 atom stereocenters. The van der Waals surface area contributed by atoms with Crippen LogP contribution in [0.15, 0.2) is 54.7 Å². The molecule has 0 aliphatic heterocycles. The number of benzene rings is 1. The van der Waals surface area contributed by atoms with Crippen molar-refractivity contribution in [2.75, 3.05) is 11.9 Å². The minimum Gasteiger partial charge on any atom is -0.373 e. The molecule has 3 aromatic heterocycles. The number of aryl methyl sites for hydroxylation is 1. The molecule has 6 nitrogen and oxygen atoms in total. The largest absolute Gasteiger partial charge is 0.373 e. The lowest BCUT2D eigenvalue weighted by molar-refractivity contribution is 0.0925. The number of ether oxygens (including phenoxy) is 1. The molecule has 1 aromatic carbocycles. The maximum Gasteiger partial charge on any atom is 0.165 e. The minimum absolute atomic E-state index is 0.313. The van der Waals surface area contributed by atoms with Gasteiger partial charge < -0.3 is 10.1 Å². The standard InChI is InChI=1S/C25H26ClN5O/c1-4-17-7-9-18(10-8-17)28-24-19-11-12-21(23-20(26)6-5-13-27-23)29-25(19)31-22(30-24)15-32-14-16(2)3/h5-13,16H,4,14-15H2,1-3H3,(H,28,29,30,31). The first-order valence-corrected chi connectivity index (χ1v) is 11.1. The zero-order valence-corrected chi connectivity index (χ0v) is 19.2. The Labute approximate surface area is 193 Å². The van der Waals surface area contributed by atoms with Crippen LogP contribution in [0.4, 0.5) is 11.5 Å². The first-order valence-electron chi connectivity index (χ1n) is 10.8. The van der Waals surface area contributed by atoms with Crippen LogP contribution in [0, 0.1) is 5.92 Å². The van der Waals surface area contributed by atoms with E-state index in [4.69, 9.17) is 26.3 Å². The number of rotatable bonds is 8. The van der Waals surface area contributed by atoms with E-state index in [-0.39, 0.29) is 0 Å². The van der Waals surface area contributed by atoms with E-state index in [1.54, 1.807) is 18.3 Å². The molecule has 0 spiro atoms. The van der Waals surface area contributed by atoms with E-state index in [2.05, 4.69) is 60.3 Å². The van der Waals surface area contributed by atoms with Crippen LogP contribution in [0.1, 0.15) is 32.2 Å². The minimum atomic E-state index is 0.313. The second-order valence-corrected chi connectivity index (χ2v) is 8.38. The number of aromatic nitrogens is 4. The van der Waals surface area contributed by atoms with E-state index < -0.39 is 0 Å². The third-order valence-electron chi connectivity index (χ3n) is 4.91. The molecule has 4 rings (SSSR count). The summed E-state index contributed by atoms with van der Waals surface area (Å²) in [4.78, 5) is 18.5. The van der Waals surface area contributed by atoms with Gasteiger partial charge in [0.1, 0.15) is 18.1 Å². The molecule has 0 unspecified atom stereocenters. The molecule has 164 valence electrons. The Morgan fingerprint density at radius 2 is 1.81 bits per heavy atom. The number of anilines is 2. The highest BCUT2D eigenvalue weighted by molar-refractivity contribution is 6.32. The van der Waals surface area contributed by atoms with Gasteiger partial charge in [-0.05, 0) is 54.3 Å². The van der Waals surface area contributed by atoms with E-state index in [0.29, 0.717) is 52.8 Å². The van der Waals surface area contributed by atoms with E-state index in [9.17, 15) is 0 Å². The zero-order chi connectivity index (χ0) is 22.5. The van der Waals surface area contributed by atoms with Gasteiger partial charge in [-0.2, -0.15) is 0 Å². The second kappa shape index (κ2) is 10.0. The summed E-state index contributed by atoms with van der Waals surface area (Å²) in [6.45, 7) is 7.31. The van der Waals surface area contributed by atoms with Crippen LogP contribution in [0.5, 0.6) is 0 Å². The monoisotopic (exact) mass is 447 g/mol. The van der Waals surface area contributed by atoms with Gasteiger partial charge in [-0.15, -0.1) is 0 Å². The lowest BCUT2D eigenvalue weighted by Gasteiger charge is -2.13. The molecule has 0 bridgehead atoms. The Morgan fingerprint density at radius 3 is 2.53 bits per heavy atom. The van der Waals surface area contributed by atoms with Gasteiger partial charge in [-0.1, -0.05) is 44.5 Å². The molecule has 1 N–H and O–H groups in total. The van der Waals surface area contributed by atoms with Gasteiger partial charge in [0, 0.05) is 18.5 Å². The summed E-state index contributed by atoms with van der Waals surface area (Å²) in [6, 6.07) is 15.8. The maximum atomic E-state index is 6.34. The Hall–Kier alpha value is -3.09. The average molecular weight is 448 g/mol. The molecule has 3 heterocycles. The molecule has 0 aliphatic rings. The first kappa shape index (κ1) is 22.1. The van der Waals surface area contributed by atoms with Crippen molar-refractivity contribution in [3.63, 3.8) is 0 Å². The van der Waals surface area contributed by atoms with Crippen LogP contribution in [0.2, 0.25) is 5.02 Å². The van der Waals surface area contributed by atoms with Crippen molar-refractivity contribution >= 4 is 34.1 Å². The van der Waals surface area contributed by atoms with Gasteiger partial charge in [-0.3, -0.25) is 4.98 Å². The topological polar surface area (TPSA) is 72.8 Å². The normalized spacial score (nSPS) is 11.3. The molecular formula is C25H26ClN5O. The molecular weight excluding hydrogens is 422 g/mol. The van der Waals surface area contributed by atoms with Crippen molar-refractivity contribution in [2.24, 2.45) is 5.92 Å². The van der Waals surface area contributed by atoms with Crippen molar-refractivity contribution in [2.45, 2.75) is 33.8 Å². The number of nitrogens with one attached hydrogen (secondary N) is 1. The van der Waals surface area contributed by atoms with Crippen LogP contribution in [0.3, 0.4) is 0 Å². The van der Waals surface area contributed by atoms with Gasteiger partial charge in [-0.25, -0.2) is 15.0 Å². The van der Waals surface area contributed by atoms with Crippen LogP contribution >= 0.6 is 11.6 Å². The predicted octanol–water partition coefficient (Wildman–Crippen LogP) is 6.22. The number of hydrogen-bond donors (Lipinski definition) is 1. The summed E-state index contributed by atoms with van der Waals surface area (Å²) in [5.41, 5.74) is 4.08. The van der Waals surface area contributed by atoms with Crippen molar-refractivity contribution in [1.29, 1.82) is 0 Å². The highest BCUT2D eigenvalue weighted by atomic mass is 35.5. The Morgan fingerprint density at radius 1 is 1.00 bits per heavy atom. The molecule has 0 aliphatic carbocycles. The molecule has 0 saturated heterocycles. The highest BCUT2D eigenvalue weighted by Crippen LogP contribution is 2.28.